The summed E-state index contributed by atoms with van der Waals surface area (Å²) in [5.74, 6) is -0.263. The van der Waals surface area contributed by atoms with E-state index in [1.165, 1.54) is 9.64 Å². The molecule has 112 valence electrons. The van der Waals surface area contributed by atoms with Crippen molar-refractivity contribution in [3.63, 3.8) is 0 Å². The maximum atomic E-state index is 13.6. The van der Waals surface area contributed by atoms with Crippen LogP contribution in [0.4, 0.5) is 4.39 Å². The van der Waals surface area contributed by atoms with Crippen molar-refractivity contribution in [1.82, 2.24) is 5.32 Å². The summed E-state index contributed by atoms with van der Waals surface area (Å²) in [6.45, 7) is 4.76. The number of halogens is 3. The fourth-order valence-corrected chi connectivity index (χ4v) is 2.87. The zero-order valence-corrected chi connectivity index (χ0v) is 15.0. The molecule has 0 fully saturated rings. The molecule has 0 aliphatic rings. The standard InChI is InChI=1S/C17H18ClFIN/c1-3-8-21-17(12-4-6-13(20)7-5-12)14-9-11(2)16(19)10-15(14)18/h4-7,9-10,17,21H,3,8H2,1-2H3. The molecule has 0 radical (unpaired) electrons. The second kappa shape index (κ2) is 7.56. The van der Waals surface area contributed by atoms with Crippen molar-refractivity contribution in [3.05, 3.63) is 67.5 Å². The molecule has 0 spiro atoms. The Kier molecular flexibility index (Phi) is 6.02. The van der Waals surface area contributed by atoms with E-state index >= 15 is 0 Å². The van der Waals surface area contributed by atoms with E-state index in [-0.39, 0.29) is 11.9 Å². The first-order valence-electron chi connectivity index (χ1n) is 6.97. The van der Waals surface area contributed by atoms with Crippen molar-refractivity contribution in [2.45, 2.75) is 26.3 Å². The summed E-state index contributed by atoms with van der Waals surface area (Å²) in [4.78, 5) is 0. The Morgan fingerprint density at radius 1 is 1.24 bits per heavy atom. The van der Waals surface area contributed by atoms with Crippen LogP contribution in [0.5, 0.6) is 0 Å². The van der Waals surface area contributed by atoms with E-state index in [1.54, 1.807) is 6.92 Å². The number of rotatable bonds is 5. The van der Waals surface area contributed by atoms with Crippen LogP contribution in [0.3, 0.4) is 0 Å². The van der Waals surface area contributed by atoms with Crippen molar-refractivity contribution in [3.8, 4) is 0 Å². The van der Waals surface area contributed by atoms with E-state index in [2.05, 4.69) is 59.1 Å². The predicted molar refractivity (Wildman–Crippen MR) is 95.4 cm³/mol. The van der Waals surface area contributed by atoms with Crippen molar-refractivity contribution in [1.29, 1.82) is 0 Å². The van der Waals surface area contributed by atoms with Gasteiger partial charge < -0.3 is 5.32 Å². The Morgan fingerprint density at radius 2 is 1.90 bits per heavy atom. The van der Waals surface area contributed by atoms with Crippen LogP contribution in [-0.4, -0.2) is 6.54 Å². The van der Waals surface area contributed by atoms with Gasteiger partial charge in [0, 0.05) is 8.59 Å². The SMILES string of the molecule is CCCNC(c1ccc(I)cc1)c1cc(C)c(F)cc1Cl. The van der Waals surface area contributed by atoms with Crippen LogP contribution >= 0.6 is 34.2 Å². The van der Waals surface area contributed by atoms with Crippen LogP contribution in [0.1, 0.15) is 36.1 Å². The lowest BCUT2D eigenvalue weighted by atomic mass is 9.97. The summed E-state index contributed by atoms with van der Waals surface area (Å²) in [7, 11) is 0. The number of aryl methyl sites for hydroxylation is 1. The molecule has 0 bridgehead atoms. The number of hydrogen-bond donors (Lipinski definition) is 1. The van der Waals surface area contributed by atoms with Crippen LogP contribution < -0.4 is 5.32 Å². The van der Waals surface area contributed by atoms with Crippen molar-refractivity contribution in [2.24, 2.45) is 0 Å². The smallest absolute Gasteiger partial charge is 0.127 e. The highest BCUT2D eigenvalue weighted by Crippen LogP contribution is 2.30. The summed E-state index contributed by atoms with van der Waals surface area (Å²) in [5, 5.41) is 3.96. The molecule has 2 rings (SSSR count). The Hall–Kier alpha value is -0.650. The van der Waals surface area contributed by atoms with Crippen molar-refractivity contribution < 1.29 is 4.39 Å². The first-order chi connectivity index (χ1) is 10.0. The summed E-state index contributed by atoms with van der Waals surface area (Å²) >= 11 is 8.56. The Morgan fingerprint density at radius 3 is 2.52 bits per heavy atom. The van der Waals surface area contributed by atoms with E-state index in [0.29, 0.717) is 10.6 Å². The fraction of sp³-hybridized carbons (Fsp3) is 0.294. The Labute approximate surface area is 144 Å². The average Bonchev–Trinajstić information content (AvgIpc) is 2.46. The molecule has 0 saturated carbocycles. The third-order valence-electron chi connectivity index (χ3n) is 3.39. The van der Waals surface area contributed by atoms with Gasteiger partial charge in [0.25, 0.3) is 0 Å². The molecule has 1 unspecified atom stereocenters. The minimum absolute atomic E-state index is 0.0197. The molecular formula is C17H18ClFIN. The summed E-state index contributed by atoms with van der Waals surface area (Å²) < 4.78 is 14.8. The van der Waals surface area contributed by atoms with E-state index in [4.69, 9.17) is 11.6 Å². The lowest BCUT2D eigenvalue weighted by Crippen LogP contribution is -2.23. The van der Waals surface area contributed by atoms with Gasteiger partial charge in [-0.05, 0) is 83.4 Å². The second-order valence-corrected chi connectivity index (χ2v) is 6.71. The Balaban J connectivity index is 2.45. The summed E-state index contributed by atoms with van der Waals surface area (Å²) in [6, 6.07) is 11.5. The molecule has 0 aromatic heterocycles. The maximum absolute atomic E-state index is 13.6. The third kappa shape index (κ3) is 4.18. The predicted octanol–water partition coefficient (Wildman–Crippen LogP) is 5.48. The molecule has 0 heterocycles. The Bertz CT molecular complexity index is 613. The highest BCUT2D eigenvalue weighted by Gasteiger charge is 2.18. The van der Waals surface area contributed by atoms with Crippen LogP contribution in [0, 0.1) is 16.3 Å². The molecule has 0 aliphatic heterocycles. The topological polar surface area (TPSA) is 12.0 Å². The lowest BCUT2D eigenvalue weighted by molar-refractivity contribution is 0.590. The first-order valence-corrected chi connectivity index (χ1v) is 8.43. The molecule has 2 aromatic carbocycles. The lowest BCUT2D eigenvalue weighted by Gasteiger charge is -2.21. The van der Waals surface area contributed by atoms with Crippen LogP contribution in [0.25, 0.3) is 0 Å². The monoisotopic (exact) mass is 417 g/mol. The van der Waals surface area contributed by atoms with Crippen molar-refractivity contribution in [2.75, 3.05) is 6.54 Å². The zero-order valence-electron chi connectivity index (χ0n) is 12.1. The van der Waals surface area contributed by atoms with Gasteiger partial charge in [-0.15, -0.1) is 0 Å². The maximum Gasteiger partial charge on any atom is 0.127 e. The van der Waals surface area contributed by atoms with E-state index in [0.717, 1.165) is 24.1 Å². The molecule has 1 N–H and O–H groups in total. The number of benzene rings is 2. The highest BCUT2D eigenvalue weighted by atomic mass is 127. The van der Waals surface area contributed by atoms with Gasteiger partial charge in [-0.25, -0.2) is 4.39 Å². The third-order valence-corrected chi connectivity index (χ3v) is 4.44. The minimum atomic E-state index is -0.263. The fourth-order valence-electron chi connectivity index (χ4n) is 2.25. The van der Waals surface area contributed by atoms with E-state index in [1.807, 2.05) is 6.07 Å². The second-order valence-electron chi connectivity index (χ2n) is 5.06. The quantitative estimate of drug-likeness (QED) is 0.635. The van der Waals surface area contributed by atoms with Crippen LogP contribution in [-0.2, 0) is 0 Å². The largest absolute Gasteiger partial charge is 0.306 e. The molecule has 0 aliphatic carbocycles. The molecule has 0 saturated heterocycles. The van der Waals surface area contributed by atoms with Gasteiger partial charge in [-0.2, -0.15) is 0 Å². The van der Waals surface area contributed by atoms with Crippen LogP contribution in [0.2, 0.25) is 5.02 Å². The molecular weight excluding hydrogens is 400 g/mol. The summed E-state index contributed by atoms with van der Waals surface area (Å²) in [6.07, 6.45) is 1.03. The number of nitrogens with one attached hydrogen (secondary N) is 1. The van der Waals surface area contributed by atoms with Gasteiger partial charge >= 0.3 is 0 Å². The van der Waals surface area contributed by atoms with E-state index in [9.17, 15) is 4.39 Å². The van der Waals surface area contributed by atoms with Crippen LogP contribution in [0.15, 0.2) is 36.4 Å². The molecule has 1 nitrogen and oxygen atoms in total. The molecule has 0 amide bonds. The first kappa shape index (κ1) is 16.7. The summed E-state index contributed by atoms with van der Waals surface area (Å²) in [5.41, 5.74) is 2.67. The highest BCUT2D eigenvalue weighted by molar-refractivity contribution is 14.1. The van der Waals surface area contributed by atoms with Gasteiger partial charge in [0.2, 0.25) is 0 Å². The van der Waals surface area contributed by atoms with Gasteiger partial charge in [-0.3, -0.25) is 0 Å². The van der Waals surface area contributed by atoms with Gasteiger partial charge in [0.1, 0.15) is 5.82 Å². The normalized spacial score (nSPS) is 12.4. The number of hydrogen-bond acceptors (Lipinski definition) is 1. The van der Waals surface area contributed by atoms with Crippen molar-refractivity contribution >= 4 is 34.2 Å². The van der Waals surface area contributed by atoms with Gasteiger partial charge in [-0.1, -0.05) is 30.7 Å². The molecule has 4 heteroatoms. The average molecular weight is 418 g/mol. The van der Waals surface area contributed by atoms with Gasteiger partial charge in [0.15, 0.2) is 0 Å². The molecule has 2 aromatic rings. The molecule has 1 atom stereocenters. The minimum Gasteiger partial charge on any atom is -0.306 e. The van der Waals surface area contributed by atoms with Gasteiger partial charge in [0.05, 0.1) is 6.04 Å². The molecule has 21 heavy (non-hydrogen) atoms. The van der Waals surface area contributed by atoms with E-state index < -0.39 is 0 Å². The zero-order chi connectivity index (χ0) is 15.4.